The Bertz CT molecular complexity index is 762. The Hall–Kier alpha value is -2.34. The Balaban J connectivity index is 1.50. The zero-order chi connectivity index (χ0) is 17.6. The van der Waals surface area contributed by atoms with Crippen molar-refractivity contribution in [2.75, 3.05) is 19.7 Å². The normalized spacial score (nSPS) is 13.6. The molecule has 0 spiro atoms. The van der Waals surface area contributed by atoms with E-state index >= 15 is 0 Å². The maximum Gasteiger partial charge on any atom is 0.260 e. The smallest absolute Gasteiger partial charge is 0.260 e. The van der Waals surface area contributed by atoms with Gasteiger partial charge in [-0.25, -0.2) is 0 Å². The van der Waals surface area contributed by atoms with Crippen LogP contribution in [0.25, 0.3) is 0 Å². The van der Waals surface area contributed by atoms with E-state index in [2.05, 4.69) is 21.2 Å². The molecule has 0 aromatic heterocycles. The number of benzene rings is 2. The third-order valence-corrected chi connectivity index (χ3v) is 4.55. The van der Waals surface area contributed by atoms with Crippen molar-refractivity contribution in [1.29, 1.82) is 0 Å². The van der Waals surface area contributed by atoms with Crippen molar-refractivity contribution in [3.05, 3.63) is 64.1 Å². The molecule has 1 aliphatic heterocycles. The molecule has 0 saturated heterocycles. The number of fused-ring (bicyclic) bond motifs is 1. The molecule has 2 aromatic carbocycles. The number of carbonyl (C=O) groups is 2. The van der Waals surface area contributed by atoms with Gasteiger partial charge in [0.15, 0.2) is 6.61 Å². The summed E-state index contributed by atoms with van der Waals surface area (Å²) in [5.74, 6) is 0.622. The molecule has 25 heavy (non-hydrogen) atoms. The fraction of sp³-hybridized carbons (Fsp3) is 0.263. The first-order valence-corrected chi connectivity index (χ1v) is 8.91. The number of para-hydroxylation sites is 1. The lowest BCUT2D eigenvalue weighted by molar-refractivity contribution is -0.133. The first-order valence-electron chi connectivity index (χ1n) is 8.11. The number of nitrogens with one attached hydrogen (secondary N) is 1. The summed E-state index contributed by atoms with van der Waals surface area (Å²) in [5.41, 5.74) is 1.93. The SMILES string of the molecule is O=C(Cc1ccc(Br)cc1)NCCN1Cc2ccccc2OCC1=O. The van der Waals surface area contributed by atoms with E-state index in [0.717, 1.165) is 21.3 Å². The molecule has 1 N–H and O–H groups in total. The number of amides is 2. The molecule has 1 aliphatic rings. The molecule has 2 aromatic rings. The number of nitrogens with zero attached hydrogens (tertiary/aromatic N) is 1. The Morgan fingerprint density at radius 3 is 2.72 bits per heavy atom. The van der Waals surface area contributed by atoms with Gasteiger partial charge in [-0.05, 0) is 23.8 Å². The van der Waals surface area contributed by atoms with Crippen LogP contribution in [0.4, 0.5) is 0 Å². The maximum absolute atomic E-state index is 12.2. The third-order valence-electron chi connectivity index (χ3n) is 4.02. The molecule has 0 fully saturated rings. The molecule has 1 heterocycles. The molecule has 0 unspecified atom stereocenters. The summed E-state index contributed by atoms with van der Waals surface area (Å²) in [7, 11) is 0. The van der Waals surface area contributed by atoms with E-state index in [1.54, 1.807) is 4.90 Å². The van der Waals surface area contributed by atoms with Gasteiger partial charge in [0.2, 0.25) is 5.91 Å². The van der Waals surface area contributed by atoms with E-state index in [4.69, 9.17) is 4.74 Å². The minimum absolute atomic E-state index is 0.0316. The molecule has 0 bridgehead atoms. The Labute approximate surface area is 155 Å². The molecule has 0 saturated carbocycles. The summed E-state index contributed by atoms with van der Waals surface area (Å²) >= 11 is 3.37. The second kappa shape index (κ2) is 8.16. The first-order chi connectivity index (χ1) is 12.1. The number of ether oxygens (including phenoxy) is 1. The fourth-order valence-electron chi connectivity index (χ4n) is 2.68. The average molecular weight is 403 g/mol. The van der Waals surface area contributed by atoms with Crippen LogP contribution in [-0.4, -0.2) is 36.4 Å². The third kappa shape index (κ3) is 4.82. The monoisotopic (exact) mass is 402 g/mol. The maximum atomic E-state index is 12.2. The topological polar surface area (TPSA) is 58.6 Å². The van der Waals surface area contributed by atoms with Crippen LogP contribution in [0.5, 0.6) is 5.75 Å². The van der Waals surface area contributed by atoms with E-state index in [1.807, 2.05) is 48.5 Å². The molecule has 130 valence electrons. The van der Waals surface area contributed by atoms with Crippen LogP contribution >= 0.6 is 15.9 Å². The number of carbonyl (C=O) groups excluding carboxylic acids is 2. The minimum Gasteiger partial charge on any atom is -0.483 e. The van der Waals surface area contributed by atoms with E-state index in [9.17, 15) is 9.59 Å². The van der Waals surface area contributed by atoms with Crippen LogP contribution in [0.1, 0.15) is 11.1 Å². The van der Waals surface area contributed by atoms with Gasteiger partial charge in [-0.3, -0.25) is 9.59 Å². The highest BCUT2D eigenvalue weighted by atomic mass is 79.9. The van der Waals surface area contributed by atoms with Crippen molar-refractivity contribution in [3.8, 4) is 5.75 Å². The van der Waals surface area contributed by atoms with E-state index < -0.39 is 0 Å². The predicted octanol–water partition coefficient (Wildman–Crippen LogP) is 2.53. The molecular formula is C19H19BrN2O3. The van der Waals surface area contributed by atoms with Gasteiger partial charge < -0.3 is 15.0 Å². The number of hydrogen-bond acceptors (Lipinski definition) is 3. The van der Waals surface area contributed by atoms with Crippen LogP contribution < -0.4 is 10.1 Å². The molecule has 3 rings (SSSR count). The molecule has 0 aliphatic carbocycles. The summed E-state index contributed by atoms with van der Waals surface area (Å²) < 4.78 is 6.51. The Kier molecular flexibility index (Phi) is 5.71. The number of hydrogen-bond donors (Lipinski definition) is 1. The quantitative estimate of drug-likeness (QED) is 0.835. The van der Waals surface area contributed by atoms with Crippen molar-refractivity contribution >= 4 is 27.7 Å². The highest BCUT2D eigenvalue weighted by Gasteiger charge is 2.20. The van der Waals surface area contributed by atoms with Gasteiger partial charge in [0, 0.05) is 29.7 Å². The second-order valence-electron chi connectivity index (χ2n) is 5.86. The number of halogens is 1. The summed E-state index contributed by atoms with van der Waals surface area (Å²) in [5, 5.41) is 2.87. The van der Waals surface area contributed by atoms with E-state index in [-0.39, 0.29) is 18.4 Å². The summed E-state index contributed by atoms with van der Waals surface area (Å²) in [6, 6.07) is 15.3. The summed E-state index contributed by atoms with van der Waals surface area (Å²) in [6.45, 7) is 1.41. The molecule has 2 amide bonds. The van der Waals surface area contributed by atoms with Gasteiger partial charge in [-0.1, -0.05) is 46.3 Å². The molecule has 0 radical (unpaired) electrons. The van der Waals surface area contributed by atoms with Crippen LogP contribution in [-0.2, 0) is 22.6 Å². The van der Waals surface area contributed by atoms with Crippen LogP contribution in [0.15, 0.2) is 53.0 Å². The van der Waals surface area contributed by atoms with Gasteiger partial charge in [0.25, 0.3) is 5.91 Å². The molecular weight excluding hydrogens is 384 g/mol. The van der Waals surface area contributed by atoms with Crippen molar-refractivity contribution in [2.45, 2.75) is 13.0 Å². The van der Waals surface area contributed by atoms with Crippen molar-refractivity contribution < 1.29 is 14.3 Å². The standard InChI is InChI=1S/C19H19BrN2O3/c20-16-7-5-14(6-8-16)11-18(23)21-9-10-22-12-15-3-1-2-4-17(15)25-13-19(22)24/h1-8H,9-13H2,(H,21,23). The fourth-order valence-corrected chi connectivity index (χ4v) is 2.95. The lowest BCUT2D eigenvalue weighted by atomic mass is 10.1. The zero-order valence-electron chi connectivity index (χ0n) is 13.7. The van der Waals surface area contributed by atoms with Gasteiger partial charge >= 0.3 is 0 Å². The average Bonchev–Trinajstić information content (AvgIpc) is 2.77. The molecule has 6 heteroatoms. The van der Waals surface area contributed by atoms with E-state index in [0.29, 0.717) is 26.1 Å². The highest BCUT2D eigenvalue weighted by molar-refractivity contribution is 9.10. The summed E-state index contributed by atoms with van der Waals surface area (Å²) in [6.07, 6.45) is 0.327. The first kappa shape index (κ1) is 17.5. The number of rotatable bonds is 5. The van der Waals surface area contributed by atoms with E-state index in [1.165, 1.54) is 0 Å². The summed E-state index contributed by atoms with van der Waals surface area (Å²) in [4.78, 5) is 25.9. The molecule has 0 atom stereocenters. The Morgan fingerprint density at radius 1 is 1.16 bits per heavy atom. The van der Waals surface area contributed by atoms with Crippen molar-refractivity contribution in [1.82, 2.24) is 10.2 Å². The second-order valence-corrected chi connectivity index (χ2v) is 6.78. The zero-order valence-corrected chi connectivity index (χ0v) is 15.3. The molecule has 5 nitrogen and oxygen atoms in total. The van der Waals surface area contributed by atoms with Crippen LogP contribution in [0, 0.1) is 0 Å². The van der Waals surface area contributed by atoms with Crippen LogP contribution in [0.3, 0.4) is 0 Å². The lowest BCUT2D eigenvalue weighted by Crippen LogP contribution is -2.39. The van der Waals surface area contributed by atoms with Gasteiger partial charge in [-0.2, -0.15) is 0 Å². The van der Waals surface area contributed by atoms with Crippen LogP contribution in [0.2, 0.25) is 0 Å². The van der Waals surface area contributed by atoms with Gasteiger partial charge in [-0.15, -0.1) is 0 Å². The Morgan fingerprint density at radius 2 is 1.92 bits per heavy atom. The highest BCUT2D eigenvalue weighted by Crippen LogP contribution is 2.22. The van der Waals surface area contributed by atoms with Gasteiger partial charge in [0.05, 0.1) is 6.42 Å². The van der Waals surface area contributed by atoms with Crippen molar-refractivity contribution in [3.63, 3.8) is 0 Å². The predicted molar refractivity (Wildman–Crippen MR) is 98.2 cm³/mol. The van der Waals surface area contributed by atoms with Gasteiger partial charge in [0.1, 0.15) is 5.75 Å². The minimum atomic E-state index is -0.0710. The largest absolute Gasteiger partial charge is 0.483 e. The van der Waals surface area contributed by atoms with Crippen molar-refractivity contribution in [2.24, 2.45) is 0 Å². The lowest BCUT2D eigenvalue weighted by Gasteiger charge is -2.20.